The van der Waals surface area contributed by atoms with Crippen LogP contribution in [0.1, 0.15) is 11.1 Å². The highest BCUT2D eigenvalue weighted by atomic mass is 19.1. The molecule has 0 amide bonds. The predicted molar refractivity (Wildman–Crippen MR) is 93.4 cm³/mol. The molecule has 0 aliphatic carbocycles. The fourth-order valence-electron chi connectivity index (χ4n) is 2.58. The van der Waals surface area contributed by atoms with Crippen molar-refractivity contribution in [2.45, 2.75) is 13.0 Å². The summed E-state index contributed by atoms with van der Waals surface area (Å²) in [6.07, 6.45) is 0.765. The summed E-state index contributed by atoms with van der Waals surface area (Å²) in [7, 11) is 0. The number of aliphatic hydroxyl groups is 1. The van der Waals surface area contributed by atoms with Crippen molar-refractivity contribution in [2.24, 2.45) is 0 Å². The smallest absolute Gasteiger partial charge is 0.127 e. The molecule has 0 saturated carbocycles. The van der Waals surface area contributed by atoms with E-state index >= 15 is 0 Å². The van der Waals surface area contributed by atoms with E-state index in [9.17, 15) is 4.39 Å². The molecule has 3 aromatic rings. The molecule has 2 aliphatic heterocycles. The van der Waals surface area contributed by atoms with Crippen molar-refractivity contribution < 1.29 is 14.2 Å². The summed E-state index contributed by atoms with van der Waals surface area (Å²) in [5.74, 6) is 0.658. The van der Waals surface area contributed by atoms with Crippen LogP contribution in [0.4, 0.5) is 4.39 Å². The lowest BCUT2D eigenvalue weighted by Gasteiger charge is -2.18. The van der Waals surface area contributed by atoms with E-state index in [-0.39, 0.29) is 12.4 Å². The van der Waals surface area contributed by atoms with Gasteiger partial charge in [-0.15, -0.1) is 0 Å². The minimum absolute atomic E-state index is 0.213. The first-order valence-corrected chi connectivity index (χ1v) is 7.93. The summed E-state index contributed by atoms with van der Waals surface area (Å²) < 4.78 is 18.3. The van der Waals surface area contributed by atoms with Crippen molar-refractivity contribution in [1.82, 2.24) is 0 Å². The Kier molecular flexibility index (Phi) is 5.24. The maximum Gasteiger partial charge on any atom is 0.127 e. The predicted octanol–water partition coefficient (Wildman–Crippen LogP) is 4.61. The van der Waals surface area contributed by atoms with E-state index in [4.69, 9.17) is 9.84 Å². The largest absolute Gasteiger partial charge is 0.488 e. The Morgan fingerprint density at radius 1 is 0.917 bits per heavy atom. The lowest BCUT2D eigenvalue weighted by atomic mass is 10.0. The molecule has 2 bridgehead atoms. The van der Waals surface area contributed by atoms with Gasteiger partial charge in [-0.25, -0.2) is 4.39 Å². The molecular weight excluding hydrogens is 303 g/mol. The number of hydrogen-bond acceptors (Lipinski definition) is 2. The van der Waals surface area contributed by atoms with Crippen molar-refractivity contribution >= 4 is 0 Å². The normalized spacial score (nSPS) is 11.4. The zero-order valence-electron chi connectivity index (χ0n) is 13.3. The third-order valence-electron chi connectivity index (χ3n) is 3.84. The molecule has 1 N–H and O–H groups in total. The molecule has 0 radical (unpaired) electrons. The highest BCUT2D eigenvalue weighted by Gasteiger charge is 2.13. The number of halogens is 1. The first-order valence-electron chi connectivity index (χ1n) is 7.93. The van der Waals surface area contributed by atoms with Crippen molar-refractivity contribution in [3.05, 3.63) is 89.7 Å². The van der Waals surface area contributed by atoms with Gasteiger partial charge >= 0.3 is 0 Å². The van der Waals surface area contributed by atoms with Gasteiger partial charge in [-0.1, -0.05) is 48.5 Å². The van der Waals surface area contributed by atoms with Crippen LogP contribution < -0.4 is 4.74 Å². The highest BCUT2D eigenvalue weighted by molar-refractivity contribution is 5.72. The van der Waals surface area contributed by atoms with E-state index in [0.717, 1.165) is 28.9 Å². The average Bonchev–Trinajstić information content (AvgIpc) is 2.65. The third kappa shape index (κ3) is 4.00. The summed E-state index contributed by atoms with van der Waals surface area (Å²) in [4.78, 5) is 0. The van der Waals surface area contributed by atoms with Gasteiger partial charge < -0.3 is 9.84 Å². The van der Waals surface area contributed by atoms with Crippen molar-refractivity contribution in [3.8, 4) is 16.9 Å². The van der Waals surface area contributed by atoms with Gasteiger partial charge in [-0.2, -0.15) is 0 Å². The molecule has 0 saturated heterocycles. The summed E-state index contributed by atoms with van der Waals surface area (Å²) in [5.41, 5.74) is 4.39. The van der Waals surface area contributed by atoms with Crippen molar-refractivity contribution in [3.63, 3.8) is 0 Å². The van der Waals surface area contributed by atoms with Crippen LogP contribution in [-0.2, 0) is 13.0 Å². The van der Waals surface area contributed by atoms with Crippen LogP contribution in [0.2, 0.25) is 0 Å². The molecule has 2 heterocycles. The van der Waals surface area contributed by atoms with Crippen LogP contribution in [0, 0.1) is 5.82 Å². The Bertz CT molecular complexity index is 783. The Balaban J connectivity index is 0.000000162. The molecule has 122 valence electrons. The van der Waals surface area contributed by atoms with Gasteiger partial charge in [0.25, 0.3) is 0 Å². The summed E-state index contributed by atoms with van der Waals surface area (Å²) in [6.45, 7) is 0.889. The molecule has 0 unspecified atom stereocenters. The van der Waals surface area contributed by atoms with Gasteiger partial charge in [0.2, 0.25) is 0 Å². The molecule has 2 nitrogen and oxygen atoms in total. The molecule has 24 heavy (non-hydrogen) atoms. The minimum Gasteiger partial charge on any atom is -0.488 e. The second-order valence-corrected chi connectivity index (χ2v) is 5.59. The quantitative estimate of drug-likeness (QED) is 0.763. The van der Waals surface area contributed by atoms with Gasteiger partial charge in [-0.05, 0) is 47.4 Å². The van der Waals surface area contributed by atoms with E-state index in [1.54, 1.807) is 12.1 Å². The van der Waals surface area contributed by atoms with E-state index in [2.05, 4.69) is 6.07 Å². The number of benzene rings is 3. The Morgan fingerprint density at radius 3 is 2.21 bits per heavy atom. The van der Waals surface area contributed by atoms with Crippen LogP contribution in [-0.4, -0.2) is 11.7 Å². The van der Waals surface area contributed by atoms with Crippen LogP contribution in [0.3, 0.4) is 0 Å². The maximum atomic E-state index is 12.8. The SMILES string of the molecule is Fc1ccc(-c2cc3ccc2OC3)cc1.OCCc1ccccc1. The molecule has 2 aliphatic rings. The lowest BCUT2D eigenvalue weighted by molar-refractivity contribution is 0.297. The Morgan fingerprint density at radius 2 is 1.67 bits per heavy atom. The third-order valence-corrected chi connectivity index (χ3v) is 3.84. The molecule has 0 fully saturated rings. The van der Waals surface area contributed by atoms with Gasteiger partial charge in [0.15, 0.2) is 0 Å². The van der Waals surface area contributed by atoms with Crippen molar-refractivity contribution in [1.29, 1.82) is 0 Å². The molecule has 0 aromatic heterocycles. The number of hydrogen-bond donors (Lipinski definition) is 1. The van der Waals surface area contributed by atoms with Crippen LogP contribution in [0.15, 0.2) is 72.8 Å². The minimum atomic E-state index is -0.213. The van der Waals surface area contributed by atoms with Gasteiger partial charge in [0, 0.05) is 12.2 Å². The van der Waals surface area contributed by atoms with Crippen LogP contribution in [0.5, 0.6) is 5.75 Å². The molecule has 3 heteroatoms. The second-order valence-electron chi connectivity index (χ2n) is 5.59. The number of aliphatic hydroxyl groups excluding tert-OH is 1. The zero-order chi connectivity index (χ0) is 16.8. The lowest BCUT2D eigenvalue weighted by Crippen LogP contribution is -2.03. The summed E-state index contributed by atoms with van der Waals surface area (Å²) >= 11 is 0. The highest BCUT2D eigenvalue weighted by Crippen LogP contribution is 2.35. The van der Waals surface area contributed by atoms with Crippen LogP contribution >= 0.6 is 0 Å². The summed E-state index contributed by atoms with van der Waals surface area (Å²) in [6, 6.07) is 22.5. The fourth-order valence-corrected chi connectivity index (χ4v) is 2.58. The average molecular weight is 322 g/mol. The van der Waals surface area contributed by atoms with E-state index in [1.807, 2.05) is 42.5 Å². The van der Waals surface area contributed by atoms with Gasteiger partial charge in [0.1, 0.15) is 18.2 Å². The first-order chi connectivity index (χ1) is 11.8. The maximum absolute atomic E-state index is 12.8. The standard InChI is InChI=1S/C13H9FO.C8H10O/c14-11-4-2-10(3-5-11)12-7-9-1-6-13(12)15-8-9;9-7-6-8-4-2-1-3-5-8/h1-7H,8H2;1-5,9H,6-7H2. The van der Waals surface area contributed by atoms with Crippen LogP contribution in [0.25, 0.3) is 11.1 Å². The van der Waals surface area contributed by atoms with E-state index in [1.165, 1.54) is 17.7 Å². The topological polar surface area (TPSA) is 29.5 Å². The monoisotopic (exact) mass is 322 g/mol. The first kappa shape index (κ1) is 16.2. The molecule has 5 rings (SSSR count). The van der Waals surface area contributed by atoms with Gasteiger partial charge in [0.05, 0.1) is 0 Å². The van der Waals surface area contributed by atoms with Crippen molar-refractivity contribution in [2.75, 3.05) is 6.61 Å². The Labute approximate surface area is 141 Å². The number of fused-ring (bicyclic) bond motifs is 3. The molecule has 3 aromatic carbocycles. The fraction of sp³-hybridized carbons (Fsp3) is 0.143. The van der Waals surface area contributed by atoms with Gasteiger partial charge in [-0.3, -0.25) is 0 Å². The molecular formula is C21H19FO2. The summed E-state index contributed by atoms with van der Waals surface area (Å²) in [5, 5.41) is 8.52. The Hall–Kier alpha value is -2.65. The zero-order valence-corrected chi connectivity index (χ0v) is 13.3. The number of rotatable bonds is 3. The molecule has 0 spiro atoms. The van der Waals surface area contributed by atoms with E-state index in [0.29, 0.717) is 6.61 Å². The molecule has 0 atom stereocenters. The number of ether oxygens (including phenoxy) is 1. The van der Waals surface area contributed by atoms with E-state index < -0.39 is 0 Å². The second kappa shape index (κ2) is 7.75.